The van der Waals surface area contributed by atoms with E-state index in [-0.39, 0.29) is 0 Å². The van der Waals surface area contributed by atoms with Crippen LogP contribution in [0.4, 0.5) is 0 Å². The van der Waals surface area contributed by atoms with Crippen molar-refractivity contribution in [2.24, 2.45) is 0 Å². The lowest BCUT2D eigenvalue weighted by molar-refractivity contribution is 0.637. The summed E-state index contributed by atoms with van der Waals surface area (Å²) in [6, 6.07) is 7.10. The third-order valence-corrected chi connectivity index (χ3v) is 3.52. The van der Waals surface area contributed by atoms with Crippen molar-refractivity contribution in [3.05, 3.63) is 39.5 Å². The van der Waals surface area contributed by atoms with Gasteiger partial charge in [-0.05, 0) is 62.4 Å². The average molecular weight is 310 g/mol. The standard InChI is InChI=1S/C14H18BrN.C2H6/c1-9(2)16-14-7-4-11-8-12(15)5-6-13(11)10(14)3;1-2/h5-6,8-9,16H,4,7H2,1-3H3;1-2H3. The number of nitrogens with one attached hydrogen (secondary N) is 1. The molecule has 0 saturated carbocycles. The van der Waals surface area contributed by atoms with Crippen LogP contribution >= 0.6 is 15.9 Å². The molecule has 0 radical (unpaired) electrons. The van der Waals surface area contributed by atoms with Crippen LogP contribution in [0.25, 0.3) is 5.57 Å². The molecular formula is C16H24BrN. The third kappa shape index (κ3) is 3.61. The lowest BCUT2D eigenvalue weighted by Crippen LogP contribution is -2.25. The molecule has 0 amide bonds. The highest BCUT2D eigenvalue weighted by molar-refractivity contribution is 9.10. The van der Waals surface area contributed by atoms with Gasteiger partial charge in [0, 0.05) is 16.2 Å². The quantitative estimate of drug-likeness (QED) is 0.796. The summed E-state index contributed by atoms with van der Waals surface area (Å²) in [5.74, 6) is 0. The highest BCUT2D eigenvalue weighted by Crippen LogP contribution is 2.31. The van der Waals surface area contributed by atoms with E-state index in [1.807, 2.05) is 13.8 Å². The monoisotopic (exact) mass is 309 g/mol. The van der Waals surface area contributed by atoms with Gasteiger partial charge in [0.15, 0.2) is 0 Å². The molecule has 0 spiro atoms. The minimum Gasteiger partial charge on any atom is -0.386 e. The largest absolute Gasteiger partial charge is 0.386 e. The Morgan fingerprint density at radius 3 is 2.44 bits per heavy atom. The number of allylic oxidation sites excluding steroid dienone is 2. The summed E-state index contributed by atoms with van der Waals surface area (Å²) in [6.45, 7) is 10.6. The lowest BCUT2D eigenvalue weighted by atomic mass is 9.89. The number of aryl methyl sites for hydroxylation is 1. The van der Waals surface area contributed by atoms with Crippen molar-refractivity contribution >= 4 is 21.5 Å². The third-order valence-electron chi connectivity index (χ3n) is 3.03. The molecule has 0 heterocycles. The molecule has 0 atom stereocenters. The number of hydrogen-bond acceptors (Lipinski definition) is 1. The van der Waals surface area contributed by atoms with E-state index in [0.717, 1.165) is 12.8 Å². The van der Waals surface area contributed by atoms with Gasteiger partial charge in [0.05, 0.1) is 0 Å². The van der Waals surface area contributed by atoms with Gasteiger partial charge in [0.2, 0.25) is 0 Å². The van der Waals surface area contributed by atoms with Crippen LogP contribution in [0.5, 0.6) is 0 Å². The minimum absolute atomic E-state index is 0.516. The molecule has 1 N–H and O–H groups in total. The smallest absolute Gasteiger partial charge is 0.0201 e. The number of rotatable bonds is 2. The summed E-state index contributed by atoms with van der Waals surface area (Å²) >= 11 is 3.53. The van der Waals surface area contributed by atoms with Crippen molar-refractivity contribution in [1.29, 1.82) is 0 Å². The van der Waals surface area contributed by atoms with Gasteiger partial charge in [-0.1, -0.05) is 35.8 Å². The molecule has 1 aliphatic carbocycles. The zero-order chi connectivity index (χ0) is 13.7. The van der Waals surface area contributed by atoms with Crippen molar-refractivity contribution in [3.8, 4) is 0 Å². The SMILES string of the molecule is CC.CC1=C(NC(C)C)CCc2cc(Br)ccc21. The fourth-order valence-corrected chi connectivity index (χ4v) is 2.68. The number of halogens is 1. The Balaban J connectivity index is 0.000000771. The Kier molecular flexibility index (Phi) is 5.94. The van der Waals surface area contributed by atoms with Crippen molar-refractivity contribution in [3.63, 3.8) is 0 Å². The fourth-order valence-electron chi connectivity index (χ4n) is 2.27. The number of fused-ring (bicyclic) bond motifs is 1. The molecule has 0 aliphatic heterocycles. The van der Waals surface area contributed by atoms with Gasteiger partial charge in [-0.25, -0.2) is 0 Å². The zero-order valence-electron chi connectivity index (χ0n) is 12.1. The molecule has 0 saturated heterocycles. The summed E-state index contributed by atoms with van der Waals surface area (Å²) < 4.78 is 1.18. The second kappa shape index (κ2) is 6.98. The van der Waals surface area contributed by atoms with Crippen LogP contribution in [0.3, 0.4) is 0 Å². The first-order valence-corrected chi connectivity index (χ1v) is 7.62. The molecule has 2 rings (SSSR count). The van der Waals surface area contributed by atoms with E-state index in [2.05, 4.69) is 60.2 Å². The van der Waals surface area contributed by atoms with Gasteiger partial charge in [-0.3, -0.25) is 0 Å². The molecule has 0 aromatic heterocycles. The second-order valence-corrected chi connectivity index (χ2v) is 5.62. The number of hydrogen-bond donors (Lipinski definition) is 1. The van der Waals surface area contributed by atoms with Crippen LogP contribution in [-0.4, -0.2) is 6.04 Å². The maximum absolute atomic E-state index is 3.55. The van der Waals surface area contributed by atoms with E-state index in [4.69, 9.17) is 0 Å². The first kappa shape index (κ1) is 15.3. The summed E-state index contributed by atoms with van der Waals surface area (Å²) in [7, 11) is 0. The average Bonchev–Trinajstić information content (AvgIpc) is 2.35. The summed E-state index contributed by atoms with van der Waals surface area (Å²) in [6.07, 6.45) is 2.27. The normalized spacial score (nSPS) is 13.9. The van der Waals surface area contributed by atoms with Gasteiger partial charge in [-0.15, -0.1) is 0 Å². The van der Waals surface area contributed by atoms with Crippen LogP contribution in [0.15, 0.2) is 28.4 Å². The van der Waals surface area contributed by atoms with Gasteiger partial charge < -0.3 is 5.32 Å². The van der Waals surface area contributed by atoms with E-state index in [1.165, 1.54) is 26.9 Å². The topological polar surface area (TPSA) is 12.0 Å². The predicted molar refractivity (Wildman–Crippen MR) is 84.7 cm³/mol. The Bertz CT molecular complexity index is 433. The maximum Gasteiger partial charge on any atom is 0.0201 e. The van der Waals surface area contributed by atoms with Crippen LogP contribution in [0, 0.1) is 0 Å². The Labute approximate surface area is 120 Å². The molecular weight excluding hydrogens is 286 g/mol. The predicted octanol–water partition coefficient (Wildman–Crippen LogP) is 5.15. The molecule has 0 bridgehead atoms. The van der Waals surface area contributed by atoms with E-state index >= 15 is 0 Å². The molecule has 2 heteroatoms. The second-order valence-electron chi connectivity index (χ2n) is 4.70. The summed E-state index contributed by atoms with van der Waals surface area (Å²) in [4.78, 5) is 0. The summed E-state index contributed by atoms with van der Waals surface area (Å²) in [5.41, 5.74) is 5.67. The highest BCUT2D eigenvalue weighted by Gasteiger charge is 2.16. The Morgan fingerprint density at radius 1 is 1.17 bits per heavy atom. The highest BCUT2D eigenvalue weighted by atomic mass is 79.9. The lowest BCUT2D eigenvalue weighted by Gasteiger charge is -2.24. The fraction of sp³-hybridized carbons (Fsp3) is 0.500. The molecule has 1 nitrogen and oxygen atoms in total. The van der Waals surface area contributed by atoms with E-state index in [9.17, 15) is 0 Å². The molecule has 100 valence electrons. The molecule has 1 aromatic rings. The van der Waals surface area contributed by atoms with E-state index in [1.54, 1.807) is 0 Å². The minimum atomic E-state index is 0.516. The Morgan fingerprint density at radius 2 is 1.83 bits per heavy atom. The molecule has 0 unspecified atom stereocenters. The van der Waals surface area contributed by atoms with Gasteiger partial charge >= 0.3 is 0 Å². The molecule has 18 heavy (non-hydrogen) atoms. The van der Waals surface area contributed by atoms with Crippen molar-refractivity contribution in [1.82, 2.24) is 5.32 Å². The Hall–Kier alpha value is -0.760. The molecule has 0 fully saturated rings. The van der Waals surface area contributed by atoms with Gasteiger partial charge in [0.25, 0.3) is 0 Å². The number of benzene rings is 1. The first-order valence-electron chi connectivity index (χ1n) is 6.83. The maximum atomic E-state index is 3.55. The van der Waals surface area contributed by atoms with Crippen LogP contribution in [-0.2, 0) is 6.42 Å². The van der Waals surface area contributed by atoms with Crippen molar-refractivity contribution in [2.45, 2.75) is 53.5 Å². The molecule has 1 aliphatic rings. The first-order chi connectivity index (χ1) is 8.58. The van der Waals surface area contributed by atoms with E-state index < -0.39 is 0 Å². The van der Waals surface area contributed by atoms with E-state index in [0.29, 0.717) is 6.04 Å². The van der Waals surface area contributed by atoms with Crippen LogP contribution in [0.1, 0.15) is 52.2 Å². The van der Waals surface area contributed by atoms with Gasteiger partial charge in [-0.2, -0.15) is 0 Å². The molecule has 1 aromatic carbocycles. The summed E-state index contributed by atoms with van der Waals surface area (Å²) in [5, 5.41) is 3.55. The van der Waals surface area contributed by atoms with Crippen LogP contribution < -0.4 is 5.32 Å². The zero-order valence-corrected chi connectivity index (χ0v) is 13.7. The van der Waals surface area contributed by atoms with Gasteiger partial charge in [0.1, 0.15) is 0 Å². The van der Waals surface area contributed by atoms with Crippen LogP contribution in [0.2, 0.25) is 0 Å². The van der Waals surface area contributed by atoms with Crippen molar-refractivity contribution in [2.75, 3.05) is 0 Å². The van der Waals surface area contributed by atoms with Crippen molar-refractivity contribution < 1.29 is 0 Å².